The number of nitrogens with one attached hydrogen (secondary N) is 1. The second-order valence-electron chi connectivity index (χ2n) is 6.32. The molecule has 132 valence electrons. The summed E-state index contributed by atoms with van der Waals surface area (Å²) in [7, 11) is 0. The zero-order chi connectivity index (χ0) is 18.4. The Morgan fingerprint density at radius 3 is 2.24 bits per heavy atom. The highest BCUT2D eigenvalue weighted by Crippen LogP contribution is 2.22. The lowest BCUT2D eigenvalue weighted by Gasteiger charge is -2.25. The van der Waals surface area contributed by atoms with Crippen LogP contribution in [0.3, 0.4) is 0 Å². The first-order valence-corrected chi connectivity index (χ1v) is 8.28. The highest BCUT2D eigenvalue weighted by atomic mass is 16.3. The first kappa shape index (κ1) is 18.8. The molecule has 0 radical (unpaired) electrons. The van der Waals surface area contributed by atoms with E-state index in [1.54, 1.807) is 12.1 Å². The SMILES string of the molecule is CC(=O)NC(=O)c1ccc(CC(C)C(N)C(O)c2ccccc2)cc1. The minimum Gasteiger partial charge on any atom is -0.387 e. The molecule has 0 heterocycles. The molecule has 2 rings (SSSR count). The van der Waals surface area contributed by atoms with E-state index in [1.807, 2.05) is 49.4 Å². The lowest BCUT2D eigenvalue weighted by atomic mass is 9.88. The van der Waals surface area contributed by atoms with Crippen LogP contribution in [-0.2, 0) is 11.2 Å². The number of hydrogen-bond acceptors (Lipinski definition) is 4. The molecule has 0 fully saturated rings. The second-order valence-corrected chi connectivity index (χ2v) is 6.32. The van der Waals surface area contributed by atoms with Crippen LogP contribution in [0.15, 0.2) is 54.6 Å². The minimum atomic E-state index is -0.725. The third kappa shape index (κ3) is 5.24. The number of amides is 2. The fourth-order valence-electron chi connectivity index (χ4n) is 2.72. The standard InChI is InChI=1S/C20H24N2O3/c1-13(18(21)19(24)16-6-4-3-5-7-16)12-15-8-10-17(11-9-15)20(25)22-14(2)23/h3-11,13,18-19,24H,12,21H2,1-2H3,(H,22,23,25). The Morgan fingerprint density at radius 1 is 1.08 bits per heavy atom. The van der Waals surface area contributed by atoms with E-state index in [9.17, 15) is 14.7 Å². The van der Waals surface area contributed by atoms with Gasteiger partial charge in [0, 0.05) is 18.5 Å². The van der Waals surface area contributed by atoms with Crippen molar-refractivity contribution in [1.29, 1.82) is 0 Å². The van der Waals surface area contributed by atoms with E-state index in [-0.39, 0.29) is 11.8 Å². The van der Waals surface area contributed by atoms with Crippen LogP contribution in [-0.4, -0.2) is 23.0 Å². The predicted octanol–water partition coefficient (Wildman–Crippen LogP) is 2.20. The van der Waals surface area contributed by atoms with Crippen molar-refractivity contribution in [2.45, 2.75) is 32.4 Å². The van der Waals surface area contributed by atoms with Crippen molar-refractivity contribution in [2.24, 2.45) is 11.7 Å². The van der Waals surface area contributed by atoms with Gasteiger partial charge in [0.2, 0.25) is 5.91 Å². The summed E-state index contributed by atoms with van der Waals surface area (Å²) in [5.41, 5.74) is 8.47. The molecule has 25 heavy (non-hydrogen) atoms. The summed E-state index contributed by atoms with van der Waals surface area (Å²) in [4.78, 5) is 22.7. The maximum atomic E-state index is 11.8. The minimum absolute atomic E-state index is 0.0482. The van der Waals surface area contributed by atoms with Crippen LogP contribution >= 0.6 is 0 Å². The smallest absolute Gasteiger partial charge is 0.257 e. The number of rotatable bonds is 6. The maximum absolute atomic E-state index is 11.8. The van der Waals surface area contributed by atoms with Crippen molar-refractivity contribution in [3.8, 4) is 0 Å². The van der Waals surface area contributed by atoms with Crippen LogP contribution in [0.25, 0.3) is 0 Å². The van der Waals surface area contributed by atoms with E-state index in [0.29, 0.717) is 12.0 Å². The van der Waals surface area contributed by atoms with Gasteiger partial charge in [-0.15, -0.1) is 0 Å². The Balaban J connectivity index is 1.99. The summed E-state index contributed by atoms with van der Waals surface area (Å²) in [6.07, 6.45) is -0.0449. The van der Waals surface area contributed by atoms with Gasteiger partial charge in [-0.3, -0.25) is 14.9 Å². The van der Waals surface area contributed by atoms with Crippen molar-refractivity contribution >= 4 is 11.8 Å². The monoisotopic (exact) mass is 340 g/mol. The van der Waals surface area contributed by atoms with Crippen LogP contribution in [0, 0.1) is 5.92 Å². The number of hydrogen-bond donors (Lipinski definition) is 3. The Bertz CT molecular complexity index is 713. The molecule has 0 saturated heterocycles. The first-order valence-electron chi connectivity index (χ1n) is 8.28. The molecule has 0 saturated carbocycles. The number of benzene rings is 2. The number of imide groups is 1. The van der Waals surface area contributed by atoms with Gasteiger partial charge in [-0.05, 0) is 35.6 Å². The Morgan fingerprint density at radius 2 is 1.68 bits per heavy atom. The van der Waals surface area contributed by atoms with E-state index in [0.717, 1.165) is 11.1 Å². The second kappa shape index (κ2) is 8.55. The summed E-state index contributed by atoms with van der Waals surface area (Å²) in [5.74, 6) is -0.751. The molecule has 0 spiro atoms. The molecule has 0 bridgehead atoms. The Labute approximate surface area is 147 Å². The van der Waals surface area contributed by atoms with Crippen LogP contribution < -0.4 is 11.1 Å². The third-order valence-corrected chi connectivity index (χ3v) is 4.23. The number of carbonyl (C=O) groups is 2. The molecule has 0 aliphatic rings. The predicted molar refractivity (Wildman–Crippen MR) is 96.8 cm³/mol. The van der Waals surface area contributed by atoms with Crippen LogP contribution in [0.1, 0.15) is 41.4 Å². The molecular formula is C20H24N2O3. The fourth-order valence-corrected chi connectivity index (χ4v) is 2.72. The van der Waals surface area contributed by atoms with Gasteiger partial charge in [-0.2, -0.15) is 0 Å². The van der Waals surface area contributed by atoms with Gasteiger partial charge in [-0.25, -0.2) is 0 Å². The molecule has 5 nitrogen and oxygen atoms in total. The van der Waals surface area contributed by atoms with Crippen LogP contribution in [0.5, 0.6) is 0 Å². The van der Waals surface area contributed by atoms with E-state index < -0.39 is 18.1 Å². The topological polar surface area (TPSA) is 92.4 Å². The number of aliphatic hydroxyl groups is 1. The first-order chi connectivity index (χ1) is 11.9. The van der Waals surface area contributed by atoms with Crippen molar-refractivity contribution in [1.82, 2.24) is 5.32 Å². The zero-order valence-corrected chi connectivity index (χ0v) is 14.5. The molecule has 0 aliphatic heterocycles. The third-order valence-electron chi connectivity index (χ3n) is 4.23. The Kier molecular flexibility index (Phi) is 6.44. The normalized spacial score (nSPS) is 14.4. The fraction of sp³-hybridized carbons (Fsp3) is 0.300. The van der Waals surface area contributed by atoms with Crippen molar-refractivity contribution < 1.29 is 14.7 Å². The van der Waals surface area contributed by atoms with Gasteiger partial charge in [-0.1, -0.05) is 49.4 Å². The average molecular weight is 340 g/mol. The summed E-state index contributed by atoms with van der Waals surface area (Å²) in [6.45, 7) is 3.29. The van der Waals surface area contributed by atoms with Gasteiger partial charge in [0.15, 0.2) is 0 Å². The van der Waals surface area contributed by atoms with Crippen LogP contribution in [0.4, 0.5) is 0 Å². The zero-order valence-electron chi connectivity index (χ0n) is 14.5. The molecule has 0 aliphatic carbocycles. The van der Waals surface area contributed by atoms with E-state index >= 15 is 0 Å². The lowest BCUT2D eigenvalue weighted by Crippen LogP contribution is -2.36. The van der Waals surface area contributed by atoms with Crippen molar-refractivity contribution in [3.05, 3.63) is 71.3 Å². The summed E-state index contributed by atoms with van der Waals surface area (Å²) < 4.78 is 0. The summed E-state index contributed by atoms with van der Waals surface area (Å²) in [6, 6.07) is 16.0. The molecule has 2 aromatic carbocycles. The average Bonchev–Trinajstić information content (AvgIpc) is 2.61. The molecule has 2 aromatic rings. The van der Waals surface area contributed by atoms with Crippen LogP contribution in [0.2, 0.25) is 0 Å². The van der Waals surface area contributed by atoms with E-state index in [1.165, 1.54) is 6.92 Å². The van der Waals surface area contributed by atoms with Gasteiger partial charge in [0.25, 0.3) is 5.91 Å². The molecular weight excluding hydrogens is 316 g/mol. The quantitative estimate of drug-likeness (QED) is 0.752. The highest BCUT2D eigenvalue weighted by molar-refractivity contribution is 6.04. The maximum Gasteiger partial charge on any atom is 0.257 e. The van der Waals surface area contributed by atoms with Gasteiger partial charge < -0.3 is 10.8 Å². The largest absolute Gasteiger partial charge is 0.387 e. The molecule has 3 atom stereocenters. The Hall–Kier alpha value is -2.50. The molecule has 5 heteroatoms. The number of carbonyl (C=O) groups excluding carboxylic acids is 2. The summed E-state index contributed by atoms with van der Waals surface area (Å²) in [5, 5.41) is 12.7. The molecule has 2 amide bonds. The molecule has 4 N–H and O–H groups in total. The van der Waals surface area contributed by atoms with E-state index in [4.69, 9.17) is 5.73 Å². The van der Waals surface area contributed by atoms with Gasteiger partial charge >= 0.3 is 0 Å². The van der Waals surface area contributed by atoms with Crippen molar-refractivity contribution in [2.75, 3.05) is 0 Å². The number of aliphatic hydroxyl groups excluding tert-OH is 1. The molecule has 3 unspecified atom stereocenters. The van der Waals surface area contributed by atoms with E-state index in [2.05, 4.69) is 5.32 Å². The van der Waals surface area contributed by atoms with Gasteiger partial charge in [0.1, 0.15) is 0 Å². The summed E-state index contributed by atoms with van der Waals surface area (Å²) >= 11 is 0. The molecule has 0 aromatic heterocycles. The van der Waals surface area contributed by atoms with Crippen molar-refractivity contribution in [3.63, 3.8) is 0 Å². The lowest BCUT2D eigenvalue weighted by molar-refractivity contribution is -0.118. The number of nitrogens with two attached hydrogens (primary N) is 1. The highest BCUT2D eigenvalue weighted by Gasteiger charge is 2.23. The van der Waals surface area contributed by atoms with Gasteiger partial charge in [0.05, 0.1) is 6.10 Å².